The lowest BCUT2D eigenvalue weighted by Crippen LogP contribution is -2.37. The van der Waals surface area contributed by atoms with E-state index >= 15 is 0 Å². The van der Waals surface area contributed by atoms with Gasteiger partial charge in [0.05, 0.1) is 0 Å². The molecule has 0 saturated heterocycles. The van der Waals surface area contributed by atoms with E-state index in [2.05, 4.69) is 6.08 Å². The van der Waals surface area contributed by atoms with E-state index in [0.29, 0.717) is 5.92 Å². The van der Waals surface area contributed by atoms with Crippen LogP contribution in [0.5, 0.6) is 0 Å². The van der Waals surface area contributed by atoms with Gasteiger partial charge in [0.1, 0.15) is 6.29 Å². The van der Waals surface area contributed by atoms with Gasteiger partial charge in [-0.25, -0.2) is 0 Å². The number of fused-ring (bicyclic) bond motifs is 3. The molecule has 3 atom stereocenters. The lowest BCUT2D eigenvalue weighted by molar-refractivity contribution is -0.123. The summed E-state index contributed by atoms with van der Waals surface area (Å²) in [7, 11) is 0. The highest BCUT2D eigenvalue weighted by molar-refractivity contribution is 5.65. The van der Waals surface area contributed by atoms with Gasteiger partial charge in [-0.3, -0.25) is 0 Å². The summed E-state index contributed by atoms with van der Waals surface area (Å²) in [5.74, 6) is 1.46. The van der Waals surface area contributed by atoms with Crippen molar-refractivity contribution in [2.24, 2.45) is 17.3 Å². The quantitative estimate of drug-likeness (QED) is 0.427. The maximum Gasteiger partial charge on any atom is 0.126 e. The Hall–Kier alpha value is -0.590. The van der Waals surface area contributed by atoms with E-state index in [4.69, 9.17) is 0 Å². The van der Waals surface area contributed by atoms with E-state index in [1.165, 1.54) is 32.0 Å². The average molecular weight is 162 g/mol. The Labute approximate surface area is 72.8 Å². The van der Waals surface area contributed by atoms with Crippen LogP contribution in [0.15, 0.2) is 11.6 Å². The summed E-state index contributed by atoms with van der Waals surface area (Å²) in [6.07, 6.45) is 9.86. The van der Waals surface area contributed by atoms with Crippen LogP contribution >= 0.6 is 0 Å². The number of allylic oxidation sites excluding steroid dienone is 2. The van der Waals surface area contributed by atoms with E-state index in [-0.39, 0.29) is 5.41 Å². The van der Waals surface area contributed by atoms with Crippen molar-refractivity contribution < 1.29 is 4.79 Å². The van der Waals surface area contributed by atoms with Crippen LogP contribution in [0.25, 0.3) is 0 Å². The first-order valence-corrected chi connectivity index (χ1v) is 5.02. The summed E-state index contributed by atoms with van der Waals surface area (Å²) in [5, 5.41) is 0. The topological polar surface area (TPSA) is 17.1 Å². The fourth-order valence-corrected chi connectivity index (χ4v) is 3.48. The molecule has 2 fully saturated rings. The van der Waals surface area contributed by atoms with Gasteiger partial charge in [0.25, 0.3) is 0 Å². The van der Waals surface area contributed by atoms with E-state index in [9.17, 15) is 4.79 Å². The molecule has 1 nitrogen and oxygen atoms in total. The average Bonchev–Trinajstić information content (AvgIpc) is 2.52. The number of carbonyl (C=O) groups excluding carboxylic acids is 1. The highest BCUT2D eigenvalue weighted by Crippen LogP contribution is 2.63. The van der Waals surface area contributed by atoms with Crippen LogP contribution in [0, 0.1) is 17.3 Å². The molecule has 3 rings (SSSR count). The van der Waals surface area contributed by atoms with Crippen LogP contribution < -0.4 is 0 Å². The molecule has 0 heterocycles. The fourth-order valence-electron chi connectivity index (χ4n) is 3.48. The van der Waals surface area contributed by atoms with Crippen LogP contribution in [0.4, 0.5) is 0 Å². The first-order chi connectivity index (χ1) is 5.86. The molecule has 12 heavy (non-hydrogen) atoms. The molecule has 0 radical (unpaired) electrons. The van der Waals surface area contributed by atoms with E-state index in [1.807, 2.05) is 0 Å². The van der Waals surface area contributed by atoms with Crippen LogP contribution in [-0.4, -0.2) is 6.29 Å². The lowest BCUT2D eigenvalue weighted by Gasteiger charge is -2.40. The van der Waals surface area contributed by atoms with E-state index in [1.54, 1.807) is 5.57 Å². The second-order valence-electron chi connectivity index (χ2n) is 4.62. The molecule has 0 aromatic carbocycles. The molecule has 64 valence electrons. The van der Waals surface area contributed by atoms with Crippen molar-refractivity contribution >= 4 is 6.29 Å². The Kier molecular flexibility index (Phi) is 1.15. The summed E-state index contributed by atoms with van der Waals surface area (Å²) >= 11 is 0. The van der Waals surface area contributed by atoms with Gasteiger partial charge in [0.2, 0.25) is 0 Å². The van der Waals surface area contributed by atoms with Crippen molar-refractivity contribution in [3.8, 4) is 0 Å². The third kappa shape index (κ3) is 0.596. The lowest BCUT2D eigenvalue weighted by atomic mass is 9.62. The van der Waals surface area contributed by atoms with Crippen LogP contribution in [-0.2, 0) is 4.79 Å². The minimum Gasteiger partial charge on any atom is -0.303 e. The SMILES string of the molecule is O=C[C@]12CC[C@H]1C1=CCC[C@H]1C2. The Morgan fingerprint density at radius 3 is 3.08 bits per heavy atom. The molecule has 0 aromatic heterocycles. The zero-order valence-corrected chi connectivity index (χ0v) is 7.25. The van der Waals surface area contributed by atoms with Crippen molar-refractivity contribution in [2.75, 3.05) is 0 Å². The van der Waals surface area contributed by atoms with Crippen molar-refractivity contribution in [3.63, 3.8) is 0 Å². The summed E-state index contributed by atoms with van der Waals surface area (Å²) in [6.45, 7) is 0. The van der Waals surface area contributed by atoms with Crippen LogP contribution in [0.1, 0.15) is 32.1 Å². The molecular formula is C11H14O. The van der Waals surface area contributed by atoms with Gasteiger partial charge >= 0.3 is 0 Å². The first kappa shape index (κ1) is 6.88. The molecule has 2 saturated carbocycles. The molecule has 3 aliphatic carbocycles. The van der Waals surface area contributed by atoms with Crippen molar-refractivity contribution in [1.29, 1.82) is 0 Å². The summed E-state index contributed by atoms with van der Waals surface area (Å²) in [5.41, 5.74) is 1.77. The van der Waals surface area contributed by atoms with Crippen molar-refractivity contribution in [1.82, 2.24) is 0 Å². The normalized spacial score (nSPS) is 49.2. The molecule has 0 aromatic rings. The van der Waals surface area contributed by atoms with Gasteiger partial charge in [-0.1, -0.05) is 11.6 Å². The second-order valence-corrected chi connectivity index (χ2v) is 4.62. The van der Waals surface area contributed by atoms with Gasteiger partial charge < -0.3 is 4.79 Å². The molecule has 0 amide bonds. The standard InChI is InChI=1S/C11H14O/c12-7-11-5-4-10(11)9-3-1-2-8(9)6-11/h3,7-8,10H,1-2,4-6H2/t8-,10-,11+/m0/s1. The van der Waals surface area contributed by atoms with Crippen LogP contribution in [0.3, 0.4) is 0 Å². The predicted molar refractivity (Wildman–Crippen MR) is 46.6 cm³/mol. The number of carbonyl (C=O) groups is 1. The van der Waals surface area contributed by atoms with E-state index < -0.39 is 0 Å². The summed E-state index contributed by atoms with van der Waals surface area (Å²) in [4.78, 5) is 11.0. The zero-order chi connectivity index (χ0) is 8.18. The molecule has 0 aliphatic heterocycles. The molecule has 0 N–H and O–H groups in total. The van der Waals surface area contributed by atoms with Gasteiger partial charge in [-0.05, 0) is 43.9 Å². The highest BCUT2D eigenvalue weighted by atomic mass is 16.1. The van der Waals surface area contributed by atoms with Crippen molar-refractivity contribution in [2.45, 2.75) is 32.1 Å². The minimum absolute atomic E-state index is 0.122. The Balaban J connectivity index is 2.00. The number of hydrogen-bond acceptors (Lipinski definition) is 1. The van der Waals surface area contributed by atoms with Gasteiger partial charge in [0, 0.05) is 5.41 Å². The van der Waals surface area contributed by atoms with Gasteiger partial charge in [-0.2, -0.15) is 0 Å². The number of aldehydes is 1. The van der Waals surface area contributed by atoms with Gasteiger partial charge in [0.15, 0.2) is 0 Å². The van der Waals surface area contributed by atoms with Gasteiger partial charge in [-0.15, -0.1) is 0 Å². The largest absolute Gasteiger partial charge is 0.303 e. The second kappa shape index (κ2) is 2.01. The molecule has 0 spiro atoms. The molecule has 0 unspecified atom stereocenters. The smallest absolute Gasteiger partial charge is 0.126 e. The third-order valence-electron chi connectivity index (χ3n) is 4.22. The Morgan fingerprint density at radius 2 is 2.42 bits per heavy atom. The maximum atomic E-state index is 11.0. The summed E-state index contributed by atoms with van der Waals surface area (Å²) in [6, 6.07) is 0. The number of rotatable bonds is 1. The monoisotopic (exact) mass is 162 g/mol. The third-order valence-corrected chi connectivity index (χ3v) is 4.22. The Bertz CT molecular complexity index is 266. The maximum absolute atomic E-state index is 11.0. The first-order valence-electron chi connectivity index (χ1n) is 5.02. The molecule has 0 bridgehead atoms. The molecular weight excluding hydrogens is 148 g/mol. The number of hydrogen-bond donors (Lipinski definition) is 0. The van der Waals surface area contributed by atoms with E-state index in [0.717, 1.165) is 12.3 Å². The molecule has 1 heteroatoms. The summed E-state index contributed by atoms with van der Waals surface area (Å²) < 4.78 is 0. The zero-order valence-electron chi connectivity index (χ0n) is 7.25. The fraction of sp³-hybridized carbons (Fsp3) is 0.727. The Morgan fingerprint density at radius 1 is 1.50 bits per heavy atom. The minimum atomic E-state index is 0.122. The molecule has 3 aliphatic rings. The van der Waals surface area contributed by atoms with Crippen molar-refractivity contribution in [3.05, 3.63) is 11.6 Å². The highest BCUT2D eigenvalue weighted by Gasteiger charge is 2.56. The predicted octanol–water partition coefficient (Wildman–Crippen LogP) is 2.32. The van der Waals surface area contributed by atoms with Crippen LogP contribution in [0.2, 0.25) is 0 Å².